The number of sulfonamides is 1. The summed E-state index contributed by atoms with van der Waals surface area (Å²) in [6, 6.07) is 8.17. The predicted molar refractivity (Wildman–Crippen MR) is 115 cm³/mol. The number of halogens is 3. The van der Waals surface area contributed by atoms with Crippen LogP contribution in [0.1, 0.15) is 17.0 Å². The molecular formula is C21H20F3N5O4S. The van der Waals surface area contributed by atoms with E-state index in [-0.39, 0.29) is 22.9 Å². The summed E-state index contributed by atoms with van der Waals surface area (Å²) in [4.78, 5) is 12.3. The Bertz CT molecular complexity index is 1310. The van der Waals surface area contributed by atoms with Crippen LogP contribution in [-0.2, 0) is 32.3 Å². The van der Waals surface area contributed by atoms with Crippen molar-refractivity contribution in [3.8, 4) is 0 Å². The molecule has 4 rings (SSSR count). The van der Waals surface area contributed by atoms with Crippen LogP contribution in [0.3, 0.4) is 0 Å². The van der Waals surface area contributed by atoms with Crippen molar-refractivity contribution in [1.29, 1.82) is 0 Å². The van der Waals surface area contributed by atoms with Gasteiger partial charge in [-0.1, -0.05) is 12.1 Å². The van der Waals surface area contributed by atoms with Gasteiger partial charge in [0, 0.05) is 25.4 Å². The van der Waals surface area contributed by atoms with E-state index in [4.69, 9.17) is 4.74 Å². The molecule has 1 N–H and O–H groups in total. The molecule has 0 bridgehead atoms. The minimum atomic E-state index is -4.52. The Hall–Kier alpha value is -3.29. The minimum Gasteiger partial charge on any atom is -0.379 e. The highest BCUT2D eigenvalue weighted by atomic mass is 32.2. The van der Waals surface area contributed by atoms with Crippen molar-refractivity contribution in [3.63, 3.8) is 0 Å². The Morgan fingerprint density at radius 3 is 2.47 bits per heavy atom. The summed E-state index contributed by atoms with van der Waals surface area (Å²) in [6.07, 6.45) is -0.919. The molecule has 2 aromatic heterocycles. The van der Waals surface area contributed by atoms with Gasteiger partial charge in [-0.3, -0.25) is 9.20 Å². The van der Waals surface area contributed by atoms with Crippen LogP contribution in [-0.4, -0.2) is 59.5 Å². The first-order valence-corrected chi connectivity index (χ1v) is 11.6. The lowest BCUT2D eigenvalue weighted by atomic mass is 10.2. The second-order valence-corrected chi connectivity index (χ2v) is 9.33. The summed E-state index contributed by atoms with van der Waals surface area (Å²) < 4.78 is 71.8. The number of benzene rings is 1. The maximum atomic E-state index is 12.9. The van der Waals surface area contributed by atoms with Gasteiger partial charge in [-0.05, 0) is 35.9 Å². The fourth-order valence-electron chi connectivity index (χ4n) is 3.31. The third-order valence-electron chi connectivity index (χ3n) is 5.14. The molecule has 1 fully saturated rings. The fourth-order valence-corrected chi connectivity index (χ4v) is 4.72. The summed E-state index contributed by atoms with van der Waals surface area (Å²) in [5.74, 6) is -0.366. The van der Waals surface area contributed by atoms with Gasteiger partial charge in [-0.15, -0.1) is 10.2 Å². The molecule has 0 atom stereocenters. The van der Waals surface area contributed by atoms with E-state index in [2.05, 4.69) is 15.5 Å². The van der Waals surface area contributed by atoms with Crippen molar-refractivity contribution in [2.45, 2.75) is 17.6 Å². The van der Waals surface area contributed by atoms with Gasteiger partial charge < -0.3 is 10.1 Å². The molecule has 1 saturated heterocycles. The van der Waals surface area contributed by atoms with Crippen molar-refractivity contribution < 1.29 is 31.1 Å². The van der Waals surface area contributed by atoms with Gasteiger partial charge in [-0.25, -0.2) is 8.42 Å². The van der Waals surface area contributed by atoms with Crippen LogP contribution in [0.4, 0.5) is 13.2 Å². The minimum absolute atomic E-state index is 0.137. The Kier molecular flexibility index (Phi) is 6.68. The monoisotopic (exact) mass is 495 g/mol. The summed E-state index contributed by atoms with van der Waals surface area (Å²) in [7, 11) is -3.61. The van der Waals surface area contributed by atoms with Gasteiger partial charge in [-0.2, -0.15) is 17.5 Å². The molecule has 0 spiro atoms. The molecule has 1 aliphatic rings. The van der Waals surface area contributed by atoms with E-state index in [0.717, 1.165) is 12.3 Å². The van der Waals surface area contributed by atoms with Crippen molar-refractivity contribution in [1.82, 2.24) is 24.2 Å². The molecule has 0 aliphatic carbocycles. The molecule has 0 unspecified atom stereocenters. The van der Waals surface area contributed by atoms with Crippen LogP contribution in [0.15, 0.2) is 53.6 Å². The molecule has 0 saturated carbocycles. The first kappa shape index (κ1) is 23.9. The van der Waals surface area contributed by atoms with E-state index >= 15 is 0 Å². The number of fused-ring (bicyclic) bond motifs is 1. The Morgan fingerprint density at radius 1 is 1.09 bits per heavy atom. The normalized spacial score (nSPS) is 15.7. The third kappa shape index (κ3) is 5.26. The van der Waals surface area contributed by atoms with Crippen LogP contribution in [0.5, 0.6) is 0 Å². The summed E-state index contributed by atoms with van der Waals surface area (Å²) in [5, 5.41) is 10.1. The zero-order valence-electron chi connectivity index (χ0n) is 17.7. The van der Waals surface area contributed by atoms with Crippen molar-refractivity contribution in [2.24, 2.45) is 0 Å². The average Bonchev–Trinajstić information content (AvgIpc) is 3.24. The van der Waals surface area contributed by atoms with E-state index < -0.39 is 27.7 Å². The van der Waals surface area contributed by atoms with E-state index in [1.165, 1.54) is 39.1 Å². The standard InChI is InChI=1S/C21H20F3N5O4S/c22-21(23,24)16-4-7-18-26-27-19(29(18)14-16)13-25-20(30)8-3-15-1-5-17(6-2-15)34(31,32)28-9-11-33-12-10-28/h1-8,14H,9-13H2,(H,25,30). The fraction of sp³-hybridized carbons (Fsp3) is 0.286. The molecule has 1 amide bonds. The quantitative estimate of drug-likeness (QED) is 0.525. The number of rotatable bonds is 6. The highest BCUT2D eigenvalue weighted by Crippen LogP contribution is 2.29. The van der Waals surface area contributed by atoms with Crippen molar-refractivity contribution in [3.05, 3.63) is 65.6 Å². The number of carbonyl (C=O) groups is 1. The molecule has 1 aliphatic heterocycles. The Labute approximate surface area is 192 Å². The number of nitrogens with zero attached hydrogens (tertiary/aromatic N) is 4. The van der Waals surface area contributed by atoms with Crippen LogP contribution >= 0.6 is 0 Å². The van der Waals surface area contributed by atoms with Crippen LogP contribution in [0.25, 0.3) is 11.7 Å². The number of alkyl halides is 3. The molecule has 3 heterocycles. The molecule has 9 nitrogen and oxygen atoms in total. The van der Waals surface area contributed by atoms with Crippen molar-refractivity contribution >= 4 is 27.7 Å². The Balaban J connectivity index is 1.38. The second-order valence-electron chi connectivity index (χ2n) is 7.40. The predicted octanol–water partition coefficient (Wildman–Crippen LogP) is 2.10. The zero-order chi connectivity index (χ0) is 24.3. The van der Waals surface area contributed by atoms with Gasteiger partial charge in [0.05, 0.1) is 30.2 Å². The largest absolute Gasteiger partial charge is 0.417 e. The number of hydrogen-bond acceptors (Lipinski definition) is 6. The van der Waals surface area contributed by atoms with E-state index in [0.29, 0.717) is 31.9 Å². The molecular weight excluding hydrogens is 475 g/mol. The highest BCUT2D eigenvalue weighted by Gasteiger charge is 2.31. The number of ether oxygens (including phenoxy) is 1. The Morgan fingerprint density at radius 2 is 1.79 bits per heavy atom. The van der Waals surface area contributed by atoms with Gasteiger partial charge in [0.15, 0.2) is 11.5 Å². The highest BCUT2D eigenvalue weighted by molar-refractivity contribution is 7.89. The first-order valence-electron chi connectivity index (χ1n) is 10.2. The molecule has 34 heavy (non-hydrogen) atoms. The van der Waals surface area contributed by atoms with Crippen LogP contribution in [0.2, 0.25) is 0 Å². The lowest BCUT2D eigenvalue weighted by Gasteiger charge is -2.26. The zero-order valence-corrected chi connectivity index (χ0v) is 18.5. The number of pyridine rings is 1. The van der Waals surface area contributed by atoms with Gasteiger partial charge >= 0.3 is 6.18 Å². The van der Waals surface area contributed by atoms with Gasteiger partial charge in [0.2, 0.25) is 15.9 Å². The summed E-state index contributed by atoms with van der Waals surface area (Å²) in [5.41, 5.74) is -0.0370. The van der Waals surface area contributed by atoms with Gasteiger partial charge in [0.1, 0.15) is 0 Å². The SMILES string of the molecule is O=C(C=Cc1ccc(S(=O)(=O)N2CCOCC2)cc1)NCc1nnc2ccc(C(F)(F)F)cn12. The first-order chi connectivity index (χ1) is 16.1. The van der Waals surface area contributed by atoms with Crippen LogP contribution in [0, 0.1) is 0 Å². The number of hydrogen-bond donors (Lipinski definition) is 1. The second kappa shape index (κ2) is 9.52. The number of nitrogens with one attached hydrogen (secondary N) is 1. The van der Waals surface area contributed by atoms with Crippen molar-refractivity contribution in [2.75, 3.05) is 26.3 Å². The molecule has 3 aromatic rings. The maximum Gasteiger partial charge on any atom is 0.417 e. The van der Waals surface area contributed by atoms with Gasteiger partial charge in [0.25, 0.3) is 0 Å². The lowest BCUT2D eigenvalue weighted by Crippen LogP contribution is -2.40. The van der Waals surface area contributed by atoms with Crippen LogP contribution < -0.4 is 5.32 Å². The summed E-state index contributed by atoms with van der Waals surface area (Å²) >= 11 is 0. The lowest BCUT2D eigenvalue weighted by molar-refractivity contribution is -0.137. The summed E-state index contributed by atoms with van der Waals surface area (Å²) in [6.45, 7) is 1.15. The smallest absolute Gasteiger partial charge is 0.379 e. The topological polar surface area (TPSA) is 106 Å². The molecule has 13 heteroatoms. The van der Waals surface area contributed by atoms with E-state index in [1.54, 1.807) is 12.1 Å². The van der Waals surface area contributed by atoms with E-state index in [9.17, 15) is 26.4 Å². The molecule has 1 aromatic carbocycles. The maximum absolute atomic E-state index is 12.9. The molecule has 0 radical (unpaired) electrons. The molecule has 180 valence electrons. The average molecular weight is 495 g/mol. The third-order valence-corrected chi connectivity index (χ3v) is 7.05. The number of amides is 1. The number of carbonyl (C=O) groups excluding carboxylic acids is 1. The van der Waals surface area contributed by atoms with E-state index in [1.807, 2.05) is 0 Å². The number of morpholine rings is 1. The number of aromatic nitrogens is 3.